The minimum Gasteiger partial charge on any atom is -0.332 e. The van der Waals surface area contributed by atoms with Crippen LogP contribution < -0.4 is 0 Å². The van der Waals surface area contributed by atoms with Crippen LogP contribution in [0, 0.1) is 0 Å². The van der Waals surface area contributed by atoms with Gasteiger partial charge in [-0.3, -0.25) is 9.69 Å². The number of rotatable bonds is 3. The topological polar surface area (TPSA) is 36.4 Å². The number of hydrogen-bond acceptors (Lipinski definition) is 4. The van der Waals surface area contributed by atoms with E-state index in [9.17, 15) is 4.79 Å². The number of nitrogens with zero attached hydrogens (tertiary/aromatic N) is 3. The lowest BCUT2D eigenvalue weighted by Gasteiger charge is -2.41. The van der Waals surface area contributed by atoms with Crippen LogP contribution in [0.25, 0.3) is 0 Å². The summed E-state index contributed by atoms with van der Waals surface area (Å²) in [7, 11) is 0. The molecule has 3 aliphatic rings. The third-order valence-corrected chi connectivity index (χ3v) is 6.67. The van der Waals surface area contributed by atoms with E-state index in [0.29, 0.717) is 5.91 Å². The van der Waals surface area contributed by atoms with Crippen LogP contribution in [0.4, 0.5) is 0 Å². The van der Waals surface area contributed by atoms with Gasteiger partial charge < -0.3 is 4.90 Å². The molecule has 0 N–H and O–H groups in total. The molecule has 3 heterocycles. The molecule has 0 radical (unpaired) electrons. The van der Waals surface area contributed by atoms with Crippen LogP contribution in [0.5, 0.6) is 0 Å². The fourth-order valence-corrected chi connectivity index (χ4v) is 5.49. The summed E-state index contributed by atoms with van der Waals surface area (Å²) in [6.45, 7) is 3.14. The van der Waals surface area contributed by atoms with Crippen molar-refractivity contribution in [3.8, 4) is 0 Å². The average Bonchev–Trinajstić information content (AvgIpc) is 3.36. The Bertz CT molecular complexity index is 518. The summed E-state index contributed by atoms with van der Waals surface area (Å²) in [6, 6.07) is 0.229. The van der Waals surface area contributed by atoms with Crippen LogP contribution in [0.3, 0.4) is 0 Å². The summed E-state index contributed by atoms with van der Waals surface area (Å²) in [5.41, 5.74) is -0.184. The van der Waals surface area contributed by atoms with Gasteiger partial charge in [-0.1, -0.05) is 12.8 Å². The van der Waals surface area contributed by atoms with E-state index in [-0.39, 0.29) is 11.6 Å². The van der Waals surface area contributed by atoms with E-state index in [1.54, 1.807) is 11.3 Å². The first-order valence-corrected chi connectivity index (χ1v) is 9.65. The lowest BCUT2D eigenvalue weighted by molar-refractivity contribution is -0.145. The van der Waals surface area contributed by atoms with Crippen molar-refractivity contribution in [1.82, 2.24) is 14.8 Å². The molecule has 3 fully saturated rings. The van der Waals surface area contributed by atoms with Crippen LogP contribution in [0.15, 0.2) is 11.6 Å². The fraction of sp³-hybridized carbons (Fsp3) is 0.765. The predicted molar refractivity (Wildman–Crippen MR) is 87.8 cm³/mol. The SMILES string of the molecule is O=C(N1CCC[C@H]1c1nccs1)C1(N2CCCC2)CCCC1. The highest BCUT2D eigenvalue weighted by molar-refractivity contribution is 7.09. The van der Waals surface area contributed by atoms with Crippen molar-refractivity contribution in [2.45, 2.75) is 62.9 Å². The summed E-state index contributed by atoms with van der Waals surface area (Å²) >= 11 is 1.70. The second-order valence-corrected chi connectivity index (χ2v) is 7.89. The summed E-state index contributed by atoms with van der Waals surface area (Å²) < 4.78 is 0. The molecule has 0 spiro atoms. The molecular formula is C17H25N3OS. The van der Waals surface area contributed by atoms with Crippen molar-refractivity contribution in [1.29, 1.82) is 0 Å². The third kappa shape index (κ3) is 2.29. The minimum atomic E-state index is -0.184. The van der Waals surface area contributed by atoms with Crippen LogP contribution >= 0.6 is 11.3 Å². The van der Waals surface area contributed by atoms with Gasteiger partial charge in [0.2, 0.25) is 5.91 Å². The fourth-order valence-electron chi connectivity index (χ4n) is 4.70. The monoisotopic (exact) mass is 319 g/mol. The number of carbonyl (C=O) groups excluding carboxylic acids is 1. The van der Waals surface area contributed by atoms with Crippen molar-refractivity contribution in [2.75, 3.05) is 19.6 Å². The van der Waals surface area contributed by atoms with Gasteiger partial charge in [0.1, 0.15) is 10.5 Å². The van der Waals surface area contributed by atoms with Gasteiger partial charge in [0, 0.05) is 18.1 Å². The summed E-state index contributed by atoms with van der Waals surface area (Å²) in [6.07, 6.45) is 11.1. The van der Waals surface area contributed by atoms with E-state index in [1.807, 2.05) is 11.6 Å². The van der Waals surface area contributed by atoms with Gasteiger partial charge in [-0.05, 0) is 51.6 Å². The Morgan fingerprint density at radius 1 is 1.14 bits per heavy atom. The lowest BCUT2D eigenvalue weighted by atomic mass is 9.93. The van der Waals surface area contributed by atoms with Crippen molar-refractivity contribution in [3.05, 3.63) is 16.6 Å². The van der Waals surface area contributed by atoms with Gasteiger partial charge in [-0.15, -0.1) is 11.3 Å². The van der Waals surface area contributed by atoms with E-state index in [4.69, 9.17) is 0 Å². The Morgan fingerprint density at radius 2 is 1.91 bits per heavy atom. The Balaban J connectivity index is 1.61. The summed E-state index contributed by atoms with van der Waals surface area (Å²) in [5, 5.41) is 3.16. The standard InChI is InChI=1S/C17H25N3OS/c21-16(17(7-1-2-8-17)19-10-3-4-11-19)20-12-5-6-14(20)15-18-9-13-22-15/h9,13-14H,1-8,10-12H2/t14-/m0/s1. The van der Waals surface area contributed by atoms with Crippen molar-refractivity contribution < 1.29 is 4.79 Å². The molecule has 0 aromatic carbocycles. The number of hydrogen-bond donors (Lipinski definition) is 0. The lowest BCUT2D eigenvalue weighted by Crippen LogP contribution is -2.57. The molecule has 2 saturated heterocycles. The number of thiazole rings is 1. The molecular weight excluding hydrogens is 294 g/mol. The number of likely N-dealkylation sites (tertiary alicyclic amines) is 2. The highest BCUT2D eigenvalue weighted by atomic mass is 32.1. The molecule has 1 atom stereocenters. The number of amides is 1. The average molecular weight is 319 g/mol. The van der Waals surface area contributed by atoms with Crippen molar-refractivity contribution >= 4 is 17.2 Å². The summed E-state index contributed by atoms with van der Waals surface area (Å²) in [4.78, 5) is 22.7. The highest BCUT2D eigenvalue weighted by Gasteiger charge is 2.50. The molecule has 22 heavy (non-hydrogen) atoms. The predicted octanol–water partition coefficient (Wildman–Crippen LogP) is 3.22. The first-order valence-electron chi connectivity index (χ1n) is 8.77. The molecule has 1 aliphatic carbocycles. The van der Waals surface area contributed by atoms with E-state index in [1.165, 1.54) is 25.7 Å². The maximum atomic E-state index is 13.5. The Kier molecular flexibility index (Phi) is 3.95. The summed E-state index contributed by atoms with van der Waals surface area (Å²) in [5.74, 6) is 0.407. The molecule has 4 rings (SSSR count). The molecule has 1 amide bonds. The second kappa shape index (κ2) is 5.93. The molecule has 2 aliphatic heterocycles. The Hall–Kier alpha value is -0.940. The van der Waals surface area contributed by atoms with Crippen LogP contribution in [0.2, 0.25) is 0 Å². The zero-order valence-corrected chi connectivity index (χ0v) is 14.0. The first kappa shape index (κ1) is 14.6. The van der Waals surface area contributed by atoms with Crippen LogP contribution in [-0.2, 0) is 4.79 Å². The molecule has 0 unspecified atom stereocenters. The molecule has 1 aromatic heterocycles. The molecule has 120 valence electrons. The zero-order valence-electron chi connectivity index (χ0n) is 13.2. The van der Waals surface area contributed by atoms with Gasteiger partial charge in [-0.25, -0.2) is 4.98 Å². The normalized spacial score (nSPS) is 28.5. The molecule has 1 saturated carbocycles. The van der Waals surface area contributed by atoms with E-state index in [2.05, 4.69) is 14.8 Å². The van der Waals surface area contributed by atoms with Gasteiger partial charge in [0.15, 0.2) is 0 Å². The van der Waals surface area contributed by atoms with Gasteiger partial charge in [0.05, 0.1) is 6.04 Å². The Morgan fingerprint density at radius 3 is 2.59 bits per heavy atom. The number of carbonyl (C=O) groups is 1. The second-order valence-electron chi connectivity index (χ2n) is 6.96. The molecule has 0 bridgehead atoms. The maximum Gasteiger partial charge on any atom is 0.243 e. The van der Waals surface area contributed by atoms with Gasteiger partial charge in [0.25, 0.3) is 0 Å². The smallest absolute Gasteiger partial charge is 0.243 e. The van der Waals surface area contributed by atoms with Crippen LogP contribution in [-0.4, -0.2) is 45.9 Å². The van der Waals surface area contributed by atoms with Crippen molar-refractivity contribution in [2.24, 2.45) is 0 Å². The third-order valence-electron chi connectivity index (χ3n) is 5.79. The van der Waals surface area contributed by atoms with Crippen molar-refractivity contribution in [3.63, 3.8) is 0 Å². The minimum absolute atomic E-state index is 0.184. The van der Waals surface area contributed by atoms with Gasteiger partial charge >= 0.3 is 0 Å². The molecule has 1 aromatic rings. The molecule has 4 nitrogen and oxygen atoms in total. The Labute approximate surface area is 136 Å². The van der Waals surface area contributed by atoms with Crippen LogP contribution in [0.1, 0.15) is 62.4 Å². The molecule has 5 heteroatoms. The van der Waals surface area contributed by atoms with Gasteiger partial charge in [-0.2, -0.15) is 0 Å². The zero-order chi connectivity index (χ0) is 15.0. The van der Waals surface area contributed by atoms with E-state index >= 15 is 0 Å². The quantitative estimate of drug-likeness (QED) is 0.858. The highest BCUT2D eigenvalue weighted by Crippen LogP contribution is 2.42. The largest absolute Gasteiger partial charge is 0.332 e. The van der Waals surface area contributed by atoms with E-state index in [0.717, 1.165) is 50.3 Å². The first-order chi connectivity index (χ1) is 10.8. The van der Waals surface area contributed by atoms with E-state index < -0.39 is 0 Å². The maximum absolute atomic E-state index is 13.5. The number of aromatic nitrogens is 1.